The van der Waals surface area contributed by atoms with E-state index in [4.69, 9.17) is 0 Å². The minimum atomic E-state index is 0.853. The van der Waals surface area contributed by atoms with Crippen molar-refractivity contribution >= 4 is 0 Å². The predicted molar refractivity (Wildman–Crippen MR) is 64.5 cm³/mol. The second-order valence-electron chi connectivity index (χ2n) is 5.06. The van der Waals surface area contributed by atoms with Crippen molar-refractivity contribution in [3.8, 4) is 0 Å². The van der Waals surface area contributed by atoms with Gasteiger partial charge in [-0.1, -0.05) is 40.0 Å². The van der Waals surface area contributed by atoms with Gasteiger partial charge in [0.1, 0.15) is 0 Å². The Labute approximate surface area is 90.5 Å². The van der Waals surface area contributed by atoms with E-state index in [2.05, 4.69) is 6.92 Å². The highest BCUT2D eigenvalue weighted by Gasteiger charge is 2.36. The minimum absolute atomic E-state index is 0.853. The summed E-state index contributed by atoms with van der Waals surface area (Å²) in [4.78, 5) is 0. The number of hydrogen-bond donors (Lipinski definition) is 0. The van der Waals surface area contributed by atoms with Crippen molar-refractivity contribution in [2.24, 2.45) is 11.3 Å². The van der Waals surface area contributed by atoms with Crippen molar-refractivity contribution in [3.05, 3.63) is 0 Å². The van der Waals surface area contributed by atoms with Crippen molar-refractivity contribution in [1.82, 2.24) is 0 Å². The van der Waals surface area contributed by atoms with Crippen molar-refractivity contribution in [2.75, 3.05) is 0 Å². The van der Waals surface area contributed by atoms with Gasteiger partial charge in [-0.15, -0.1) is 0 Å². The molecule has 0 aliphatic heterocycles. The molecule has 0 unspecified atom stereocenters. The molecule has 2 aliphatic carbocycles. The zero-order chi connectivity index (χ0) is 10.4. The Morgan fingerprint density at radius 1 is 0.929 bits per heavy atom. The smallest absolute Gasteiger partial charge is 0.0297 e. The summed E-state index contributed by atoms with van der Waals surface area (Å²) in [6, 6.07) is 0. The summed E-state index contributed by atoms with van der Waals surface area (Å²) in [5, 5.41) is 0. The third kappa shape index (κ3) is 2.74. The van der Waals surface area contributed by atoms with Crippen LogP contribution in [0.1, 0.15) is 78.6 Å². The van der Waals surface area contributed by atoms with E-state index in [1.165, 1.54) is 32.1 Å². The third-order valence-electron chi connectivity index (χ3n) is 4.41. The maximum absolute atomic E-state index is 2.36. The van der Waals surface area contributed by atoms with Gasteiger partial charge in [-0.25, -0.2) is 0 Å². The first-order chi connectivity index (χ1) is 6.85. The number of hydrogen-bond acceptors (Lipinski definition) is 0. The molecule has 0 aromatic heterocycles. The van der Waals surface area contributed by atoms with Gasteiger partial charge < -0.3 is 0 Å². The molecule has 0 radical (unpaired) electrons. The molecular weight excluding hydrogens is 168 g/mol. The van der Waals surface area contributed by atoms with Crippen molar-refractivity contribution in [2.45, 2.75) is 78.6 Å². The van der Waals surface area contributed by atoms with E-state index >= 15 is 0 Å². The highest BCUT2D eigenvalue weighted by atomic mass is 14.4. The molecule has 2 fully saturated rings. The summed E-state index contributed by atoms with van der Waals surface area (Å²) in [6.07, 6.45) is 13.8. The molecule has 2 saturated carbocycles. The number of rotatable bonds is 1. The van der Waals surface area contributed by atoms with Crippen molar-refractivity contribution in [1.29, 1.82) is 0 Å². The molecule has 0 bridgehead atoms. The highest BCUT2D eigenvalue weighted by Crippen LogP contribution is 2.50. The van der Waals surface area contributed by atoms with Gasteiger partial charge >= 0.3 is 0 Å². The summed E-state index contributed by atoms with van der Waals surface area (Å²) in [5.74, 6) is 1.08. The molecule has 0 amide bonds. The lowest BCUT2D eigenvalue weighted by Gasteiger charge is -2.37. The molecule has 2 rings (SSSR count). The van der Waals surface area contributed by atoms with E-state index < -0.39 is 0 Å². The molecule has 84 valence electrons. The Kier molecular flexibility index (Phi) is 4.98. The average molecular weight is 196 g/mol. The molecule has 0 atom stereocenters. The normalized spacial score (nSPS) is 25.9. The zero-order valence-corrected chi connectivity index (χ0v) is 10.4. The van der Waals surface area contributed by atoms with Crippen LogP contribution in [0.2, 0.25) is 0 Å². The maximum atomic E-state index is 2.36. The van der Waals surface area contributed by atoms with Crippen LogP contribution < -0.4 is 0 Å². The Bertz CT molecular complexity index is 132. The topological polar surface area (TPSA) is 0 Å². The van der Waals surface area contributed by atoms with Gasteiger partial charge in [-0.2, -0.15) is 0 Å². The standard InChI is InChI=1S/C12H22.C2H6/c1-2-11-5-9-12(10-6-11)7-3-4-8-12;1-2/h11H,2-10H2,1H3;1-2H3. The highest BCUT2D eigenvalue weighted by molar-refractivity contribution is 4.88. The lowest BCUT2D eigenvalue weighted by atomic mass is 9.69. The third-order valence-corrected chi connectivity index (χ3v) is 4.41. The summed E-state index contributed by atoms with van der Waals surface area (Å²) in [6.45, 7) is 6.36. The molecule has 0 aromatic rings. The fraction of sp³-hybridized carbons (Fsp3) is 1.00. The molecule has 0 N–H and O–H groups in total. The second-order valence-corrected chi connectivity index (χ2v) is 5.06. The first kappa shape index (κ1) is 12.1. The van der Waals surface area contributed by atoms with Crippen LogP contribution in [0.4, 0.5) is 0 Å². The Hall–Kier alpha value is 0. The molecule has 14 heavy (non-hydrogen) atoms. The van der Waals surface area contributed by atoms with Crippen LogP contribution in [0.15, 0.2) is 0 Å². The van der Waals surface area contributed by atoms with E-state index in [1.54, 1.807) is 25.7 Å². The Balaban J connectivity index is 0.000000461. The van der Waals surface area contributed by atoms with Crippen molar-refractivity contribution < 1.29 is 0 Å². The molecule has 2 aliphatic rings. The first-order valence-corrected chi connectivity index (χ1v) is 6.85. The first-order valence-electron chi connectivity index (χ1n) is 6.85. The zero-order valence-electron chi connectivity index (χ0n) is 10.4. The van der Waals surface area contributed by atoms with Crippen LogP contribution in [0.5, 0.6) is 0 Å². The summed E-state index contributed by atoms with van der Waals surface area (Å²) >= 11 is 0. The quantitative estimate of drug-likeness (QED) is 0.542. The largest absolute Gasteiger partial charge is 0.0683 e. The Morgan fingerprint density at radius 3 is 1.86 bits per heavy atom. The SMILES string of the molecule is CC.CCC1CCC2(CCCC2)CC1. The molecular formula is C14H28. The molecule has 0 nitrogen and oxygen atoms in total. The van der Waals surface area contributed by atoms with E-state index in [0.29, 0.717) is 0 Å². The van der Waals surface area contributed by atoms with Gasteiger partial charge in [0.2, 0.25) is 0 Å². The second kappa shape index (κ2) is 5.78. The van der Waals surface area contributed by atoms with E-state index in [-0.39, 0.29) is 0 Å². The molecule has 0 saturated heterocycles. The fourth-order valence-corrected chi connectivity index (χ4v) is 3.32. The molecule has 0 heterocycles. The summed E-state index contributed by atoms with van der Waals surface area (Å²) in [7, 11) is 0. The minimum Gasteiger partial charge on any atom is -0.0683 e. The Morgan fingerprint density at radius 2 is 1.43 bits per heavy atom. The molecule has 1 spiro atoms. The van der Waals surface area contributed by atoms with E-state index in [0.717, 1.165) is 11.3 Å². The van der Waals surface area contributed by atoms with Crippen LogP contribution in [-0.4, -0.2) is 0 Å². The van der Waals surface area contributed by atoms with E-state index in [1.807, 2.05) is 13.8 Å². The van der Waals surface area contributed by atoms with Gasteiger partial charge in [0, 0.05) is 0 Å². The predicted octanol–water partition coefficient (Wildman–Crippen LogP) is 5.17. The lowest BCUT2D eigenvalue weighted by Crippen LogP contribution is -2.24. The van der Waals surface area contributed by atoms with Crippen LogP contribution in [0.25, 0.3) is 0 Å². The van der Waals surface area contributed by atoms with Crippen LogP contribution in [0.3, 0.4) is 0 Å². The monoisotopic (exact) mass is 196 g/mol. The van der Waals surface area contributed by atoms with Crippen LogP contribution in [-0.2, 0) is 0 Å². The van der Waals surface area contributed by atoms with Crippen LogP contribution in [0, 0.1) is 11.3 Å². The van der Waals surface area contributed by atoms with Gasteiger partial charge in [-0.3, -0.25) is 0 Å². The van der Waals surface area contributed by atoms with E-state index in [9.17, 15) is 0 Å². The average Bonchev–Trinajstić information content (AvgIpc) is 2.71. The maximum Gasteiger partial charge on any atom is -0.0297 e. The lowest BCUT2D eigenvalue weighted by molar-refractivity contribution is 0.153. The summed E-state index contributed by atoms with van der Waals surface area (Å²) in [5.41, 5.74) is 0.853. The van der Waals surface area contributed by atoms with Gasteiger partial charge in [0.25, 0.3) is 0 Å². The summed E-state index contributed by atoms with van der Waals surface area (Å²) < 4.78 is 0. The molecule has 0 aromatic carbocycles. The van der Waals surface area contributed by atoms with Gasteiger partial charge in [0.15, 0.2) is 0 Å². The van der Waals surface area contributed by atoms with Gasteiger partial charge in [-0.05, 0) is 49.9 Å². The van der Waals surface area contributed by atoms with Crippen molar-refractivity contribution in [3.63, 3.8) is 0 Å². The van der Waals surface area contributed by atoms with Gasteiger partial charge in [0.05, 0.1) is 0 Å². The van der Waals surface area contributed by atoms with Crippen LogP contribution >= 0.6 is 0 Å². The fourth-order valence-electron chi connectivity index (χ4n) is 3.32. The molecule has 0 heteroatoms.